The Balaban J connectivity index is 1.33. The minimum Gasteiger partial charge on any atom is -0.508 e. The number of allylic oxidation sites excluding steroid dienone is 1. The molecule has 0 spiro atoms. The molecular weight excluding hydrogens is 668 g/mol. The summed E-state index contributed by atoms with van der Waals surface area (Å²) in [7, 11) is 4.96. The summed E-state index contributed by atoms with van der Waals surface area (Å²) in [6, 6.07) is 11.8. The molecule has 4 aromatic rings. The molecule has 0 amide bonds. The van der Waals surface area contributed by atoms with Gasteiger partial charge < -0.3 is 29.7 Å². The quantitative estimate of drug-likeness (QED) is 0.156. The summed E-state index contributed by atoms with van der Waals surface area (Å²) in [4.78, 5) is 41.0. The van der Waals surface area contributed by atoms with Gasteiger partial charge in [0.25, 0.3) is 0 Å². The molecule has 0 radical (unpaired) electrons. The first-order valence-electron chi connectivity index (χ1n) is 19.5. The zero-order valence-electron chi connectivity index (χ0n) is 31.5. The van der Waals surface area contributed by atoms with Crippen LogP contribution >= 0.6 is 0 Å². The first-order valence-corrected chi connectivity index (χ1v) is 19.5. The normalized spacial score (nSPS) is 34.3. The number of H-pyrrole nitrogens is 2. The number of aromatic amines is 2. The molecule has 10 rings (SSSR count). The van der Waals surface area contributed by atoms with Crippen LogP contribution < -0.4 is 0 Å². The van der Waals surface area contributed by atoms with E-state index < -0.39 is 16.8 Å². The summed E-state index contributed by atoms with van der Waals surface area (Å²) >= 11 is 0. The molecule has 4 N–H and O–H groups in total. The second kappa shape index (κ2) is 12.5. The van der Waals surface area contributed by atoms with E-state index in [1.54, 1.807) is 0 Å². The number of aliphatic hydroxyl groups is 1. The molecule has 53 heavy (non-hydrogen) atoms. The van der Waals surface area contributed by atoms with Crippen molar-refractivity contribution >= 4 is 33.7 Å². The maximum absolute atomic E-state index is 14.4. The SMILES string of the molecule is C/C=C1\CN(C)[C@H]2Cc3c([nH]c4ccccc34)[C@@H](c3c(O)ccc4c5c([nH]c34)[C@]3(C(=O)OC)C[C@H]4C[C@H](CC)[C@@H]3N(CC5)C4)C[C@@H]1[C@]2(CO)C(=O)OC. The number of carbonyl (C=O) groups excluding carboxylic acids is 2. The Morgan fingerprint density at radius 1 is 1.04 bits per heavy atom. The highest BCUT2D eigenvalue weighted by atomic mass is 16.5. The van der Waals surface area contributed by atoms with E-state index in [1.165, 1.54) is 14.2 Å². The van der Waals surface area contributed by atoms with Crippen LogP contribution in [0.2, 0.25) is 0 Å². The van der Waals surface area contributed by atoms with Crippen molar-refractivity contribution in [2.75, 3.05) is 47.5 Å². The zero-order valence-corrected chi connectivity index (χ0v) is 31.5. The number of ether oxygens (including phenoxy) is 2. The third-order valence-electron chi connectivity index (χ3n) is 14.6. The van der Waals surface area contributed by atoms with E-state index in [1.807, 2.05) is 38.2 Å². The van der Waals surface area contributed by atoms with Crippen LogP contribution in [0.15, 0.2) is 48.0 Å². The molecule has 4 aliphatic heterocycles. The topological polar surface area (TPSA) is 131 Å². The van der Waals surface area contributed by atoms with Crippen LogP contribution in [0.3, 0.4) is 0 Å². The van der Waals surface area contributed by atoms with Gasteiger partial charge in [0.2, 0.25) is 0 Å². The molecule has 3 saturated heterocycles. The van der Waals surface area contributed by atoms with Crippen LogP contribution in [0.4, 0.5) is 0 Å². The number of phenols is 1. The molecular formula is C43H52N4O6. The third-order valence-corrected chi connectivity index (χ3v) is 14.6. The Hall–Kier alpha value is -4.12. The average Bonchev–Trinajstić information content (AvgIpc) is 3.71. The fourth-order valence-corrected chi connectivity index (χ4v) is 12.5. The van der Waals surface area contributed by atoms with Gasteiger partial charge in [0, 0.05) is 76.8 Å². The molecule has 2 aliphatic carbocycles. The molecule has 1 unspecified atom stereocenters. The van der Waals surface area contributed by atoms with E-state index in [0.29, 0.717) is 31.2 Å². The van der Waals surface area contributed by atoms with E-state index in [4.69, 9.17) is 9.47 Å². The molecule has 2 aromatic heterocycles. The number of benzene rings is 2. The highest BCUT2D eigenvalue weighted by Gasteiger charge is 2.63. The van der Waals surface area contributed by atoms with Crippen molar-refractivity contribution in [1.29, 1.82) is 0 Å². The Labute approximate surface area is 310 Å². The molecule has 280 valence electrons. The Morgan fingerprint density at radius 3 is 2.57 bits per heavy atom. The van der Waals surface area contributed by atoms with E-state index in [9.17, 15) is 19.8 Å². The summed E-state index contributed by atoms with van der Waals surface area (Å²) in [5.41, 5.74) is 5.72. The van der Waals surface area contributed by atoms with Crippen LogP contribution in [-0.4, -0.2) is 102 Å². The maximum atomic E-state index is 14.4. The van der Waals surface area contributed by atoms with Crippen LogP contribution in [0.5, 0.6) is 5.75 Å². The lowest BCUT2D eigenvalue weighted by atomic mass is 9.56. The average molecular weight is 721 g/mol. The Bertz CT molecular complexity index is 2170. The monoisotopic (exact) mass is 720 g/mol. The minimum absolute atomic E-state index is 0.0386. The first kappa shape index (κ1) is 34.6. The van der Waals surface area contributed by atoms with E-state index in [2.05, 4.69) is 44.9 Å². The van der Waals surface area contributed by atoms with E-state index in [0.717, 1.165) is 94.2 Å². The van der Waals surface area contributed by atoms with Gasteiger partial charge in [-0.25, -0.2) is 0 Å². The second-order valence-corrected chi connectivity index (χ2v) is 16.6. The number of likely N-dealkylation sites (tertiary alicyclic amines) is 1. The van der Waals surface area contributed by atoms with Gasteiger partial charge in [0.15, 0.2) is 0 Å². The summed E-state index contributed by atoms with van der Waals surface area (Å²) in [6.07, 6.45) is 6.71. The van der Waals surface area contributed by atoms with E-state index in [-0.39, 0.29) is 42.2 Å². The van der Waals surface area contributed by atoms with Crippen molar-refractivity contribution in [3.8, 4) is 5.75 Å². The van der Waals surface area contributed by atoms with Crippen LogP contribution in [0.25, 0.3) is 21.8 Å². The van der Waals surface area contributed by atoms with E-state index >= 15 is 0 Å². The number of nitrogens with zero attached hydrogens (tertiary/aromatic N) is 2. The summed E-state index contributed by atoms with van der Waals surface area (Å²) in [5, 5.41) is 25.7. The van der Waals surface area contributed by atoms with Gasteiger partial charge in [-0.2, -0.15) is 0 Å². The third kappa shape index (κ3) is 4.55. The fourth-order valence-electron chi connectivity index (χ4n) is 12.5. The lowest BCUT2D eigenvalue weighted by molar-refractivity contribution is -0.169. The van der Waals surface area contributed by atoms with Crippen molar-refractivity contribution in [3.63, 3.8) is 0 Å². The molecule has 2 aromatic carbocycles. The molecule has 9 atom stereocenters. The summed E-state index contributed by atoms with van der Waals surface area (Å²) < 4.78 is 11.3. The number of aliphatic hydroxyl groups excluding tert-OH is 1. The zero-order chi connectivity index (χ0) is 37.0. The van der Waals surface area contributed by atoms with Gasteiger partial charge in [-0.05, 0) is 87.2 Å². The number of piperidine rings is 3. The van der Waals surface area contributed by atoms with Crippen LogP contribution in [-0.2, 0) is 37.3 Å². The van der Waals surface area contributed by atoms with Crippen molar-refractivity contribution in [2.24, 2.45) is 23.2 Å². The van der Waals surface area contributed by atoms with Crippen molar-refractivity contribution in [1.82, 2.24) is 19.8 Å². The van der Waals surface area contributed by atoms with Gasteiger partial charge in [-0.1, -0.05) is 43.2 Å². The Morgan fingerprint density at radius 2 is 1.83 bits per heavy atom. The van der Waals surface area contributed by atoms with Gasteiger partial charge in [-0.3, -0.25) is 19.4 Å². The molecule has 6 bridgehead atoms. The number of carbonyl (C=O) groups is 2. The summed E-state index contributed by atoms with van der Waals surface area (Å²) in [5.74, 6) is -0.413. The van der Waals surface area contributed by atoms with Crippen molar-refractivity contribution < 1.29 is 29.3 Å². The minimum atomic E-state index is -1.23. The number of phenolic OH excluding ortho intramolecular Hbond substituents is 1. The van der Waals surface area contributed by atoms with Crippen LogP contribution in [0, 0.1) is 23.2 Å². The number of likely N-dealkylation sites (N-methyl/N-ethyl adjacent to an activating group) is 1. The number of methoxy groups -OCH3 is 2. The number of esters is 2. The smallest absolute Gasteiger partial charge is 0.319 e. The second-order valence-electron chi connectivity index (χ2n) is 16.6. The summed E-state index contributed by atoms with van der Waals surface area (Å²) in [6.45, 7) is 6.40. The number of hydrogen-bond donors (Lipinski definition) is 4. The van der Waals surface area contributed by atoms with Gasteiger partial charge in [0.05, 0.1) is 26.3 Å². The number of rotatable bonds is 5. The van der Waals surface area contributed by atoms with Gasteiger partial charge in [0.1, 0.15) is 16.6 Å². The first-order chi connectivity index (χ1) is 25.7. The molecule has 6 aliphatic rings. The maximum Gasteiger partial charge on any atom is 0.319 e. The molecule has 10 nitrogen and oxygen atoms in total. The number of nitrogens with one attached hydrogen (secondary N) is 2. The predicted molar refractivity (Wildman–Crippen MR) is 203 cm³/mol. The van der Waals surface area contributed by atoms with Crippen LogP contribution in [0.1, 0.15) is 73.5 Å². The number of fused-ring (bicyclic) bond motifs is 9. The van der Waals surface area contributed by atoms with Gasteiger partial charge in [-0.15, -0.1) is 0 Å². The fraction of sp³-hybridized carbons (Fsp3) is 0.535. The largest absolute Gasteiger partial charge is 0.508 e. The Kier molecular flexibility index (Phi) is 8.15. The predicted octanol–water partition coefficient (Wildman–Crippen LogP) is 5.55. The molecule has 4 fully saturated rings. The van der Waals surface area contributed by atoms with Crippen molar-refractivity contribution in [3.05, 3.63) is 76.1 Å². The molecule has 1 saturated carbocycles. The number of para-hydroxylation sites is 1. The highest BCUT2D eigenvalue weighted by molar-refractivity contribution is 5.95. The lowest BCUT2D eigenvalue weighted by Crippen LogP contribution is -2.67. The number of aromatic nitrogens is 2. The number of aromatic hydroxyl groups is 1. The van der Waals surface area contributed by atoms with Gasteiger partial charge >= 0.3 is 11.9 Å². The number of hydrogen-bond acceptors (Lipinski definition) is 8. The highest BCUT2D eigenvalue weighted by Crippen LogP contribution is 2.58. The lowest BCUT2D eigenvalue weighted by Gasteiger charge is -2.57. The standard InChI is InChI=1S/C43H52N4O6/c1-6-24-16-23-19-42(40(50)52-4)38-28(14-15-47(20-23)39(24)42)27-12-13-33(49)35(37(27)45-38)30-17-31-25(7-2)21-46(3)34(43(31,22-48)41(51)53-5)18-29-26-10-8-9-11-32(26)44-36(29)30/h7-13,23-24,30-31,34,39,44-45,48-49H,6,14-22H2,1-5H3/b25-7+/t23-,24+,30-,31+,34+,39+,42-,43+/m1/s1. The molecule has 10 heteroatoms. The van der Waals surface area contributed by atoms with Crippen molar-refractivity contribution in [2.45, 2.75) is 75.8 Å². The molecule has 6 heterocycles.